The summed E-state index contributed by atoms with van der Waals surface area (Å²) < 4.78 is 34.3. The Hall–Kier alpha value is -5.77. The number of nitrogens with zero attached hydrogens (tertiary/aromatic N) is 7. The first-order valence-corrected chi connectivity index (χ1v) is 18.4. The monoisotopic (exact) mass is 811 g/mol. The number of nitro benzene ring substituents is 1. The van der Waals surface area contributed by atoms with Crippen LogP contribution < -0.4 is 4.90 Å². The highest BCUT2D eigenvalue weighted by atomic mass is 32.1. The minimum atomic E-state index is -1.33. The summed E-state index contributed by atoms with van der Waals surface area (Å²) in [6, 6.07) is 11.3. The third-order valence-electron chi connectivity index (χ3n) is 9.37. The van der Waals surface area contributed by atoms with Crippen molar-refractivity contribution in [3.05, 3.63) is 70.3 Å². The van der Waals surface area contributed by atoms with Crippen molar-refractivity contribution in [2.45, 2.75) is 51.4 Å². The number of imide groups is 1. The first-order valence-electron chi connectivity index (χ1n) is 18.0. The van der Waals surface area contributed by atoms with Crippen molar-refractivity contribution in [2.75, 3.05) is 64.1 Å². The van der Waals surface area contributed by atoms with E-state index in [-0.39, 0.29) is 69.2 Å². The number of ether oxygens (including phenoxy) is 6. The number of hydrazone groups is 1. The highest BCUT2D eigenvalue weighted by Gasteiger charge is 2.62. The second-order valence-corrected chi connectivity index (χ2v) is 13.5. The molecule has 0 N–H and O–H groups in total. The smallest absolute Gasteiger partial charge is 0.349 e. The van der Waals surface area contributed by atoms with Gasteiger partial charge in [-0.05, 0) is 24.4 Å². The number of benzene rings is 2. The van der Waals surface area contributed by atoms with Crippen LogP contribution in [0.4, 0.5) is 21.0 Å². The number of carbonyl (C=O) groups excluding carboxylic acids is 5. The zero-order chi connectivity index (χ0) is 40.8. The van der Waals surface area contributed by atoms with Gasteiger partial charge in [0.05, 0.1) is 31.4 Å². The van der Waals surface area contributed by atoms with E-state index in [1.165, 1.54) is 57.7 Å². The summed E-state index contributed by atoms with van der Waals surface area (Å²) >= 11 is 6.14. The third-order valence-corrected chi connectivity index (χ3v) is 9.76. The number of nitro groups is 1. The van der Waals surface area contributed by atoms with Crippen molar-refractivity contribution in [3.63, 3.8) is 0 Å². The molecule has 304 valence electrons. The maximum absolute atomic E-state index is 14.3. The fourth-order valence-corrected chi connectivity index (χ4v) is 7.27. The molecule has 0 aromatic heterocycles. The molecule has 4 aliphatic heterocycles. The van der Waals surface area contributed by atoms with E-state index in [1.54, 1.807) is 30.3 Å². The van der Waals surface area contributed by atoms with Gasteiger partial charge in [-0.1, -0.05) is 30.3 Å². The van der Waals surface area contributed by atoms with Crippen LogP contribution in [-0.2, 0) is 42.8 Å². The number of urea groups is 2. The van der Waals surface area contributed by atoms with Crippen LogP contribution in [0.25, 0.3) is 0 Å². The van der Waals surface area contributed by atoms with E-state index in [4.69, 9.17) is 45.7 Å². The lowest BCUT2D eigenvalue weighted by Crippen LogP contribution is -2.55. The van der Waals surface area contributed by atoms with Crippen molar-refractivity contribution in [2.24, 2.45) is 5.10 Å². The zero-order valence-electron chi connectivity index (χ0n) is 31.3. The minimum absolute atomic E-state index is 0.0151. The van der Waals surface area contributed by atoms with E-state index in [2.05, 4.69) is 0 Å². The number of non-ortho nitro benzene ring substituents is 1. The van der Waals surface area contributed by atoms with Crippen LogP contribution in [0.5, 0.6) is 0 Å². The van der Waals surface area contributed by atoms with Crippen molar-refractivity contribution >= 4 is 64.5 Å². The molecule has 4 fully saturated rings. The van der Waals surface area contributed by atoms with Gasteiger partial charge in [0.15, 0.2) is 29.4 Å². The van der Waals surface area contributed by atoms with Gasteiger partial charge in [-0.2, -0.15) is 0 Å². The number of hydrogen-bond donors (Lipinski definition) is 0. The Balaban J connectivity index is 1.55. The molecule has 20 nitrogen and oxygen atoms in total. The Kier molecular flexibility index (Phi) is 12.9. The van der Waals surface area contributed by atoms with Crippen LogP contribution in [0.3, 0.4) is 0 Å². The SMILES string of the molecule is CC(=O)OC[C@@H](OC(C)=O)[C@H]1O[C@H]2[C@@H]([C@H]1OC(C)=O)N(/C(=N/N(C(=O)N1CCOCC1)C(=O)N1CCOCC1)c1ccccc1)C(=S)N2c1ccc([N+](=O)[O-])cc1. The molecule has 0 unspecified atom stereocenters. The summed E-state index contributed by atoms with van der Waals surface area (Å²) in [4.78, 5) is 82.8. The van der Waals surface area contributed by atoms with Crippen molar-refractivity contribution in [1.82, 2.24) is 19.7 Å². The van der Waals surface area contributed by atoms with Gasteiger partial charge in [0.2, 0.25) is 0 Å². The molecule has 0 saturated carbocycles. The Bertz CT molecular complexity index is 1860. The molecule has 4 amide bonds. The van der Waals surface area contributed by atoms with E-state index in [9.17, 15) is 34.1 Å². The highest BCUT2D eigenvalue weighted by molar-refractivity contribution is 7.80. The van der Waals surface area contributed by atoms with E-state index in [0.717, 1.165) is 11.9 Å². The predicted molar refractivity (Wildman–Crippen MR) is 201 cm³/mol. The van der Waals surface area contributed by atoms with Gasteiger partial charge >= 0.3 is 30.0 Å². The summed E-state index contributed by atoms with van der Waals surface area (Å²) in [6.07, 6.45) is -5.12. The number of amides is 4. The number of esters is 3. The molecule has 57 heavy (non-hydrogen) atoms. The fourth-order valence-electron chi connectivity index (χ4n) is 6.85. The average molecular weight is 812 g/mol. The molecule has 5 atom stereocenters. The lowest BCUT2D eigenvalue weighted by atomic mass is 10.0. The number of amidine groups is 1. The molecular weight excluding hydrogens is 770 g/mol. The van der Waals surface area contributed by atoms with E-state index < -0.39 is 72.1 Å². The van der Waals surface area contributed by atoms with Gasteiger partial charge in [-0.3, -0.25) is 34.3 Å². The number of thiocarbonyl (C=S) groups is 1. The number of anilines is 1. The zero-order valence-corrected chi connectivity index (χ0v) is 32.1. The van der Waals surface area contributed by atoms with Crippen LogP contribution >= 0.6 is 12.2 Å². The van der Waals surface area contributed by atoms with Gasteiger partial charge in [0, 0.05) is 70.3 Å². The molecule has 4 heterocycles. The van der Waals surface area contributed by atoms with Crippen LogP contribution in [0.2, 0.25) is 0 Å². The first-order chi connectivity index (χ1) is 27.3. The van der Waals surface area contributed by atoms with Crippen molar-refractivity contribution in [1.29, 1.82) is 0 Å². The highest BCUT2D eigenvalue weighted by Crippen LogP contribution is 2.42. The molecule has 2 aromatic rings. The largest absolute Gasteiger partial charge is 0.462 e. The molecule has 0 radical (unpaired) electrons. The number of carbonyl (C=O) groups is 5. The average Bonchev–Trinajstić information content (AvgIpc) is 3.69. The summed E-state index contributed by atoms with van der Waals surface area (Å²) in [5.74, 6) is -2.22. The molecule has 21 heteroatoms. The van der Waals surface area contributed by atoms with Crippen LogP contribution in [-0.4, -0.2) is 155 Å². The number of fused-ring (bicyclic) bond motifs is 1. The third kappa shape index (κ3) is 9.11. The second kappa shape index (κ2) is 18.0. The fraction of sp³-hybridized carbons (Fsp3) is 0.472. The predicted octanol–water partition coefficient (Wildman–Crippen LogP) is 2.09. The molecule has 6 rings (SSSR count). The summed E-state index contributed by atoms with van der Waals surface area (Å²) in [5.41, 5.74) is 0.481. The van der Waals surface area contributed by atoms with Gasteiger partial charge < -0.3 is 38.2 Å². The van der Waals surface area contributed by atoms with E-state index >= 15 is 0 Å². The number of rotatable bonds is 9. The molecule has 4 aliphatic rings. The Labute approximate surface area is 331 Å². The van der Waals surface area contributed by atoms with Crippen molar-refractivity contribution < 1.29 is 57.3 Å². The molecule has 4 saturated heterocycles. The molecular formula is C36H41N7O13S. The molecule has 0 bridgehead atoms. The van der Waals surface area contributed by atoms with E-state index in [1.807, 2.05) is 0 Å². The van der Waals surface area contributed by atoms with Crippen LogP contribution in [0.15, 0.2) is 59.7 Å². The summed E-state index contributed by atoms with van der Waals surface area (Å²) in [6.45, 7) is 4.71. The van der Waals surface area contributed by atoms with Crippen LogP contribution in [0.1, 0.15) is 26.3 Å². The summed E-state index contributed by atoms with van der Waals surface area (Å²) in [5, 5.41) is 17.1. The Morgan fingerprint density at radius 3 is 1.96 bits per heavy atom. The molecule has 0 spiro atoms. The van der Waals surface area contributed by atoms with Crippen LogP contribution in [0, 0.1) is 10.1 Å². The maximum Gasteiger partial charge on any atom is 0.349 e. The van der Waals surface area contributed by atoms with E-state index in [0.29, 0.717) is 11.3 Å². The van der Waals surface area contributed by atoms with Gasteiger partial charge in [0.25, 0.3) is 5.69 Å². The van der Waals surface area contributed by atoms with Gasteiger partial charge in [-0.15, -0.1) is 10.1 Å². The molecule has 2 aromatic carbocycles. The lowest BCUT2D eigenvalue weighted by molar-refractivity contribution is -0.384. The number of morpholine rings is 2. The summed E-state index contributed by atoms with van der Waals surface area (Å²) in [7, 11) is 0. The minimum Gasteiger partial charge on any atom is -0.462 e. The van der Waals surface area contributed by atoms with Gasteiger partial charge in [-0.25, -0.2) is 9.59 Å². The Morgan fingerprint density at radius 1 is 0.877 bits per heavy atom. The maximum atomic E-state index is 14.3. The quantitative estimate of drug-likeness (QED) is 0.0675. The first kappa shape index (κ1) is 40.9. The lowest BCUT2D eigenvalue weighted by Gasteiger charge is -2.36. The molecule has 0 aliphatic carbocycles. The topological polar surface area (TPSA) is 212 Å². The van der Waals surface area contributed by atoms with Gasteiger partial charge in [0.1, 0.15) is 18.8 Å². The van der Waals surface area contributed by atoms with Crippen molar-refractivity contribution in [3.8, 4) is 0 Å². The standard InChI is InChI=1S/C36H41N7O13S/c1-22(44)53-21-28(54-23(2)45)30-31(55-24(3)46)29-33(56-30)40(26-9-11-27(12-10-26)43(49)50)36(57)41(29)32(25-7-5-4-6-8-25)37-42(34(47)38-13-17-51-18-14-38)35(48)39-15-19-52-20-16-39/h4-12,28-31,33H,13-21H2,1-3H3/b37-32+/t28-,29-,30-,31-,33+/m1/s1. The normalized spacial score (nSPS) is 22.7. The Morgan fingerprint density at radius 2 is 1.46 bits per heavy atom. The number of hydrogen-bond acceptors (Lipinski definition) is 15. The second-order valence-electron chi connectivity index (χ2n) is 13.2.